The van der Waals surface area contributed by atoms with Crippen molar-refractivity contribution in [2.45, 2.75) is 39.9 Å². The summed E-state index contributed by atoms with van der Waals surface area (Å²) in [5, 5.41) is 0.809. The Morgan fingerprint density at radius 1 is 0.741 bits per heavy atom. The Morgan fingerprint density at radius 2 is 1.11 bits per heavy atom. The Hall–Kier alpha value is -1.92. The fourth-order valence-electron chi connectivity index (χ4n) is 2.80. The number of hydrogen-bond donors (Lipinski definition) is 0. The van der Waals surface area contributed by atoms with Crippen molar-refractivity contribution in [2.75, 3.05) is 21.6 Å². The summed E-state index contributed by atoms with van der Waals surface area (Å²) in [5.41, 5.74) is 2.15. The zero-order chi connectivity index (χ0) is 19.4. The predicted molar refractivity (Wildman–Crippen MR) is 119 cm³/mol. The highest BCUT2D eigenvalue weighted by atomic mass is 32.2. The lowest BCUT2D eigenvalue weighted by atomic mass is 10.2. The van der Waals surface area contributed by atoms with Gasteiger partial charge >= 0.3 is 0 Å². The lowest BCUT2D eigenvalue weighted by molar-refractivity contribution is 0.242. The summed E-state index contributed by atoms with van der Waals surface area (Å²) in [5.74, 6) is 3.44. The predicted octanol–water partition coefficient (Wildman–Crippen LogP) is 5.52. The summed E-state index contributed by atoms with van der Waals surface area (Å²) in [4.78, 5) is 4.31. The summed E-state index contributed by atoms with van der Waals surface area (Å²) >= 11 is 7.63. The van der Waals surface area contributed by atoms with Gasteiger partial charge in [-0.3, -0.25) is 0 Å². The summed E-state index contributed by atoms with van der Waals surface area (Å²) < 4.78 is 11.5. The first-order valence-electron chi connectivity index (χ1n) is 9.14. The molecule has 1 aliphatic heterocycles. The van der Waals surface area contributed by atoms with Crippen LogP contribution in [0.4, 0.5) is 11.4 Å². The van der Waals surface area contributed by atoms with Gasteiger partial charge in [-0.25, -0.2) is 0 Å². The summed E-state index contributed by atoms with van der Waals surface area (Å²) in [6.07, 6.45) is 0.334. The number of anilines is 2. The van der Waals surface area contributed by atoms with Crippen LogP contribution in [0.2, 0.25) is 0 Å². The van der Waals surface area contributed by atoms with Gasteiger partial charge in [0.05, 0.1) is 24.0 Å². The third-order valence-corrected chi connectivity index (χ3v) is 5.27. The molecule has 144 valence electrons. The number of nitrogens with zero attached hydrogens (tertiary/aromatic N) is 2. The maximum absolute atomic E-state index is 5.79. The summed E-state index contributed by atoms with van der Waals surface area (Å²) in [7, 11) is 0. The van der Waals surface area contributed by atoms with Crippen molar-refractivity contribution in [3.63, 3.8) is 0 Å². The van der Waals surface area contributed by atoms with Crippen LogP contribution in [0, 0.1) is 0 Å². The highest BCUT2D eigenvalue weighted by Crippen LogP contribution is 2.30. The van der Waals surface area contributed by atoms with E-state index in [1.807, 2.05) is 63.7 Å². The first-order chi connectivity index (χ1) is 12.9. The number of thiocarbonyl (C=S) groups is 1. The van der Waals surface area contributed by atoms with Gasteiger partial charge in [0.1, 0.15) is 11.5 Å². The van der Waals surface area contributed by atoms with Gasteiger partial charge in [-0.05, 0) is 88.4 Å². The smallest absolute Gasteiger partial charge is 0.182 e. The first-order valence-corrected chi connectivity index (χ1v) is 10.7. The van der Waals surface area contributed by atoms with Crippen LogP contribution in [0.25, 0.3) is 0 Å². The normalized spacial score (nSPS) is 14.8. The second kappa shape index (κ2) is 8.85. The van der Waals surface area contributed by atoms with E-state index in [2.05, 4.69) is 34.1 Å². The van der Waals surface area contributed by atoms with Crippen LogP contribution in [0.15, 0.2) is 48.5 Å². The van der Waals surface area contributed by atoms with E-state index in [0.717, 1.165) is 39.7 Å². The third-order valence-electron chi connectivity index (χ3n) is 3.94. The van der Waals surface area contributed by atoms with Gasteiger partial charge in [-0.15, -0.1) is 11.8 Å². The van der Waals surface area contributed by atoms with E-state index in [0.29, 0.717) is 0 Å². The molecule has 0 spiro atoms. The summed E-state index contributed by atoms with van der Waals surface area (Å²) in [6, 6.07) is 16.3. The molecular weight excluding hydrogens is 376 g/mol. The van der Waals surface area contributed by atoms with Crippen LogP contribution in [0.1, 0.15) is 27.7 Å². The third kappa shape index (κ3) is 5.08. The van der Waals surface area contributed by atoms with E-state index in [1.54, 1.807) is 0 Å². The van der Waals surface area contributed by atoms with Crippen molar-refractivity contribution in [1.82, 2.24) is 0 Å². The molecule has 1 aliphatic rings. The first kappa shape index (κ1) is 19.8. The average molecular weight is 403 g/mol. The molecule has 2 aromatic rings. The molecule has 0 amide bonds. The monoisotopic (exact) mass is 402 g/mol. The number of thioether (sulfide) groups is 1. The highest BCUT2D eigenvalue weighted by molar-refractivity contribution is 7.99. The topological polar surface area (TPSA) is 24.9 Å². The number of benzene rings is 2. The molecule has 0 aromatic heterocycles. The largest absolute Gasteiger partial charge is 0.491 e. The molecule has 4 nitrogen and oxygen atoms in total. The number of hydrogen-bond acceptors (Lipinski definition) is 4. The van der Waals surface area contributed by atoms with Gasteiger partial charge < -0.3 is 19.3 Å². The van der Waals surface area contributed by atoms with Crippen LogP contribution in [0.3, 0.4) is 0 Å². The van der Waals surface area contributed by atoms with E-state index < -0.39 is 0 Å². The second-order valence-corrected chi connectivity index (χ2v) is 8.21. The van der Waals surface area contributed by atoms with Crippen molar-refractivity contribution in [3.8, 4) is 11.5 Å². The summed E-state index contributed by atoms with van der Waals surface area (Å²) in [6.45, 7) is 8.11. The lowest BCUT2D eigenvalue weighted by Crippen LogP contribution is -2.47. The van der Waals surface area contributed by atoms with E-state index >= 15 is 0 Å². The minimum atomic E-state index is 0.167. The van der Waals surface area contributed by atoms with E-state index in [4.69, 9.17) is 21.7 Å². The van der Waals surface area contributed by atoms with Crippen LogP contribution in [0.5, 0.6) is 11.5 Å². The quantitative estimate of drug-likeness (QED) is 0.590. The molecule has 0 saturated carbocycles. The van der Waals surface area contributed by atoms with E-state index in [1.165, 1.54) is 0 Å². The average Bonchev–Trinajstić information content (AvgIpc) is 2.63. The molecule has 0 unspecified atom stereocenters. The molecule has 0 aliphatic carbocycles. The van der Waals surface area contributed by atoms with E-state index in [9.17, 15) is 0 Å². The second-order valence-electron chi connectivity index (χ2n) is 6.92. The van der Waals surface area contributed by atoms with Crippen LogP contribution in [-0.4, -0.2) is 29.1 Å². The van der Waals surface area contributed by atoms with Gasteiger partial charge in [0, 0.05) is 11.4 Å². The van der Waals surface area contributed by atoms with E-state index in [-0.39, 0.29) is 12.2 Å². The minimum Gasteiger partial charge on any atom is -0.491 e. The number of ether oxygens (including phenoxy) is 2. The Labute approximate surface area is 171 Å². The van der Waals surface area contributed by atoms with Crippen molar-refractivity contribution in [2.24, 2.45) is 0 Å². The maximum Gasteiger partial charge on any atom is 0.182 e. The number of rotatable bonds is 6. The Bertz CT molecular complexity index is 697. The van der Waals surface area contributed by atoms with Crippen molar-refractivity contribution in [1.29, 1.82) is 0 Å². The Balaban J connectivity index is 1.73. The van der Waals surface area contributed by atoms with Gasteiger partial charge in [0.25, 0.3) is 0 Å². The molecule has 2 aromatic carbocycles. The van der Waals surface area contributed by atoms with Crippen LogP contribution >= 0.6 is 24.0 Å². The Kier molecular flexibility index (Phi) is 6.50. The lowest BCUT2D eigenvalue weighted by Gasteiger charge is -2.38. The van der Waals surface area contributed by atoms with Gasteiger partial charge in [0.15, 0.2) is 5.11 Å². The van der Waals surface area contributed by atoms with Crippen molar-refractivity contribution < 1.29 is 9.47 Å². The SMILES string of the molecule is CC(C)Oc1ccc(N2CSCN(c3ccc(OC(C)C)cc3)C2=S)cc1. The van der Waals surface area contributed by atoms with Gasteiger partial charge in [-0.2, -0.15) is 0 Å². The molecule has 6 heteroatoms. The van der Waals surface area contributed by atoms with Gasteiger partial charge in [-0.1, -0.05) is 0 Å². The fraction of sp³-hybridized carbons (Fsp3) is 0.381. The van der Waals surface area contributed by atoms with Crippen LogP contribution < -0.4 is 19.3 Å². The fourth-order valence-corrected chi connectivity index (χ4v) is 4.30. The molecule has 1 saturated heterocycles. The molecule has 1 fully saturated rings. The molecule has 27 heavy (non-hydrogen) atoms. The maximum atomic E-state index is 5.79. The zero-order valence-electron chi connectivity index (χ0n) is 16.2. The standard InChI is InChI=1S/C21H26N2O2S2/c1-15(2)24-19-9-5-17(6-10-19)22-13-27-14-23(21(22)26)18-7-11-20(12-8-18)25-16(3)4/h5-12,15-16H,13-14H2,1-4H3. The molecule has 0 atom stereocenters. The van der Waals surface area contributed by atoms with Gasteiger partial charge in [0.2, 0.25) is 0 Å². The highest BCUT2D eigenvalue weighted by Gasteiger charge is 2.25. The minimum absolute atomic E-state index is 0.167. The van der Waals surface area contributed by atoms with Crippen molar-refractivity contribution in [3.05, 3.63) is 48.5 Å². The molecule has 0 bridgehead atoms. The molecule has 1 heterocycles. The molecular formula is C21H26N2O2S2. The van der Waals surface area contributed by atoms with Crippen molar-refractivity contribution >= 4 is 40.5 Å². The molecule has 0 N–H and O–H groups in total. The van der Waals surface area contributed by atoms with Crippen LogP contribution in [-0.2, 0) is 0 Å². The molecule has 3 rings (SSSR count). The zero-order valence-corrected chi connectivity index (χ0v) is 17.8. The Morgan fingerprint density at radius 3 is 1.44 bits per heavy atom. The molecule has 0 radical (unpaired) electrons.